The molecule has 54 valence electrons. The third kappa shape index (κ3) is 1.19. The summed E-state index contributed by atoms with van der Waals surface area (Å²) in [6.45, 7) is 2.01. The Kier molecular flexibility index (Phi) is 2.06. The van der Waals surface area contributed by atoms with Crippen LogP contribution >= 0.6 is 11.3 Å². The van der Waals surface area contributed by atoms with Crippen molar-refractivity contribution in [2.45, 2.75) is 13.3 Å². The number of thiophene rings is 1. The number of rotatable bonds is 2. The minimum atomic E-state index is -0.321. The van der Waals surface area contributed by atoms with Crippen LogP contribution < -0.4 is 5.73 Å². The Hall–Kier alpha value is -0.830. The topological polar surface area (TPSA) is 43.1 Å². The fourth-order valence-corrected chi connectivity index (χ4v) is 1.66. The lowest BCUT2D eigenvalue weighted by atomic mass is 10.2. The van der Waals surface area contributed by atoms with Crippen LogP contribution in [0.5, 0.6) is 0 Å². The molecule has 10 heavy (non-hydrogen) atoms. The second-order valence-corrected chi connectivity index (χ2v) is 2.98. The van der Waals surface area contributed by atoms with Gasteiger partial charge in [-0.2, -0.15) is 0 Å². The fraction of sp³-hybridized carbons (Fsp3) is 0.286. The Balaban J connectivity index is 3.01. The molecule has 0 aliphatic heterocycles. The van der Waals surface area contributed by atoms with Crippen LogP contribution in [0.25, 0.3) is 0 Å². The quantitative estimate of drug-likeness (QED) is 0.689. The molecule has 1 amide bonds. The summed E-state index contributed by atoms with van der Waals surface area (Å²) < 4.78 is 0. The number of amides is 1. The van der Waals surface area contributed by atoms with Gasteiger partial charge in [0.15, 0.2) is 0 Å². The molecular formula is C7H9NOS. The average Bonchev–Trinajstić information content (AvgIpc) is 2.33. The van der Waals surface area contributed by atoms with Crippen molar-refractivity contribution in [1.82, 2.24) is 0 Å². The van der Waals surface area contributed by atoms with Crippen LogP contribution in [0.1, 0.15) is 22.2 Å². The highest BCUT2D eigenvalue weighted by molar-refractivity contribution is 7.10. The number of aryl methyl sites for hydroxylation is 1. The largest absolute Gasteiger partial charge is 0.366 e. The van der Waals surface area contributed by atoms with E-state index in [0.29, 0.717) is 5.56 Å². The van der Waals surface area contributed by atoms with E-state index >= 15 is 0 Å². The number of hydrogen-bond donors (Lipinski definition) is 1. The summed E-state index contributed by atoms with van der Waals surface area (Å²) >= 11 is 1.58. The van der Waals surface area contributed by atoms with E-state index in [9.17, 15) is 4.79 Å². The molecule has 0 aliphatic carbocycles. The number of primary amides is 1. The smallest absolute Gasteiger partial charge is 0.249 e. The number of carbonyl (C=O) groups is 1. The third-order valence-electron chi connectivity index (χ3n) is 1.33. The van der Waals surface area contributed by atoms with Crippen molar-refractivity contribution in [3.8, 4) is 0 Å². The first-order valence-corrected chi connectivity index (χ1v) is 3.99. The van der Waals surface area contributed by atoms with Gasteiger partial charge in [-0.15, -0.1) is 11.3 Å². The lowest BCUT2D eigenvalue weighted by Gasteiger charge is -1.92. The van der Waals surface area contributed by atoms with Gasteiger partial charge >= 0.3 is 0 Å². The van der Waals surface area contributed by atoms with Gasteiger partial charge in [0, 0.05) is 4.88 Å². The van der Waals surface area contributed by atoms with E-state index in [4.69, 9.17) is 5.73 Å². The van der Waals surface area contributed by atoms with E-state index in [0.717, 1.165) is 11.3 Å². The fourth-order valence-electron chi connectivity index (χ4n) is 0.834. The summed E-state index contributed by atoms with van der Waals surface area (Å²) in [5.41, 5.74) is 5.78. The highest BCUT2D eigenvalue weighted by atomic mass is 32.1. The molecule has 0 saturated carbocycles. The summed E-state index contributed by atoms with van der Waals surface area (Å²) in [5.74, 6) is -0.321. The minimum Gasteiger partial charge on any atom is -0.366 e. The molecule has 1 aromatic rings. The first-order chi connectivity index (χ1) is 4.75. The van der Waals surface area contributed by atoms with Crippen LogP contribution in [0.3, 0.4) is 0 Å². The van der Waals surface area contributed by atoms with E-state index in [1.165, 1.54) is 0 Å². The van der Waals surface area contributed by atoms with Crippen molar-refractivity contribution in [2.24, 2.45) is 5.73 Å². The highest BCUT2D eigenvalue weighted by Crippen LogP contribution is 2.15. The minimum absolute atomic E-state index is 0.321. The molecule has 0 atom stereocenters. The summed E-state index contributed by atoms with van der Waals surface area (Å²) in [4.78, 5) is 11.7. The monoisotopic (exact) mass is 155 g/mol. The first kappa shape index (κ1) is 7.28. The van der Waals surface area contributed by atoms with Crippen molar-refractivity contribution >= 4 is 17.2 Å². The van der Waals surface area contributed by atoms with Crippen LogP contribution in [0.15, 0.2) is 11.4 Å². The predicted octanol–water partition coefficient (Wildman–Crippen LogP) is 1.41. The average molecular weight is 155 g/mol. The molecule has 1 heterocycles. The maximum atomic E-state index is 10.7. The second kappa shape index (κ2) is 2.84. The lowest BCUT2D eigenvalue weighted by Crippen LogP contribution is -2.11. The molecule has 0 aromatic carbocycles. The van der Waals surface area contributed by atoms with Gasteiger partial charge in [-0.05, 0) is 17.9 Å². The van der Waals surface area contributed by atoms with E-state index in [-0.39, 0.29) is 5.91 Å². The Labute approximate surface area is 63.7 Å². The van der Waals surface area contributed by atoms with Crippen LogP contribution in [-0.4, -0.2) is 5.91 Å². The van der Waals surface area contributed by atoms with Crippen LogP contribution in [0.4, 0.5) is 0 Å². The Bertz CT molecular complexity index is 242. The van der Waals surface area contributed by atoms with Crippen molar-refractivity contribution in [3.63, 3.8) is 0 Å². The molecule has 3 heteroatoms. The normalized spacial score (nSPS) is 9.70. The molecule has 0 spiro atoms. The standard InChI is InChI=1S/C7H9NOS/c1-2-6-5(7(8)9)3-4-10-6/h3-4H,2H2,1H3,(H2,8,9). The molecule has 0 saturated heterocycles. The zero-order valence-electron chi connectivity index (χ0n) is 5.76. The maximum Gasteiger partial charge on any atom is 0.249 e. The second-order valence-electron chi connectivity index (χ2n) is 1.98. The van der Waals surface area contributed by atoms with Crippen molar-refractivity contribution in [1.29, 1.82) is 0 Å². The van der Waals surface area contributed by atoms with Gasteiger partial charge in [-0.1, -0.05) is 6.92 Å². The number of nitrogens with two attached hydrogens (primary N) is 1. The summed E-state index contributed by atoms with van der Waals surface area (Å²) in [7, 11) is 0. The number of hydrogen-bond acceptors (Lipinski definition) is 2. The van der Waals surface area contributed by atoms with Gasteiger partial charge in [0.05, 0.1) is 5.56 Å². The molecule has 0 radical (unpaired) electrons. The van der Waals surface area contributed by atoms with Crippen LogP contribution in [0.2, 0.25) is 0 Å². The van der Waals surface area contributed by atoms with Gasteiger partial charge in [0.25, 0.3) is 0 Å². The lowest BCUT2D eigenvalue weighted by molar-refractivity contribution is 0.1000. The molecule has 1 aromatic heterocycles. The SMILES string of the molecule is CCc1sccc1C(N)=O. The molecule has 0 aliphatic rings. The van der Waals surface area contributed by atoms with Crippen molar-refractivity contribution in [3.05, 3.63) is 21.9 Å². The summed E-state index contributed by atoms with van der Waals surface area (Å²) in [5, 5.41) is 1.89. The van der Waals surface area contributed by atoms with Crippen molar-refractivity contribution < 1.29 is 4.79 Å². The number of carbonyl (C=O) groups excluding carboxylic acids is 1. The first-order valence-electron chi connectivity index (χ1n) is 3.12. The molecular weight excluding hydrogens is 146 g/mol. The molecule has 1 rings (SSSR count). The van der Waals surface area contributed by atoms with E-state index in [1.54, 1.807) is 17.4 Å². The van der Waals surface area contributed by atoms with Crippen molar-refractivity contribution in [2.75, 3.05) is 0 Å². The predicted molar refractivity (Wildman–Crippen MR) is 42.2 cm³/mol. The van der Waals surface area contributed by atoms with Gasteiger partial charge in [-0.25, -0.2) is 0 Å². The molecule has 0 fully saturated rings. The zero-order chi connectivity index (χ0) is 7.56. The van der Waals surface area contributed by atoms with E-state index in [1.807, 2.05) is 12.3 Å². The van der Waals surface area contributed by atoms with E-state index < -0.39 is 0 Å². The van der Waals surface area contributed by atoms with Crippen LogP contribution in [-0.2, 0) is 6.42 Å². The maximum absolute atomic E-state index is 10.7. The Morgan fingerprint density at radius 1 is 1.80 bits per heavy atom. The summed E-state index contributed by atoms with van der Waals surface area (Å²) in [6.07, 6.45) is 0.885. The summed E-state index contributed by atoms with van der Waals surface area (Å²) in [6, 6.07) is 1.77. The molecule has 0 bridgehead atoms. The molecule has 0 unspecified atom stereocenters. The Morgan fingerprint density at radius 2 is 2.50 bits per heavy atom. The highest BCUT2D eigenvalue weighted by Gasteiger charge is 2.05. The van der Waals surface area contributed by atoms with Gasteiger partial charge < -0.3 is 5.73 Å². The zero-order valence-corrected chi connectivity index (χ0v) is 6.57. The molecule has 2 N–H and O–H groups in total. The van der Waals surface area contributed by atoms with Crippen LogP contribution in [0, 0.1) is 0 Å². The third-order valence-corrected chi connectivity index (χ3v) is 2.40. The van der Waals surface area contributed by atoms with Gasteiger partial charge in [0.1, 0.15) is 0 Å². The van der Waals surface area contributed by atoms with E-state index in [2.05, 4.69) is 0 Å². The van der Waals surface area contributed by atoms with Gasteiger partial charge in [0.2, 0.25) is 5.91 Å². The molecule has 2 nitrogen and oxygen atoms in total. The Morgan fingerprint density at radius 3 is 2.90 bits per heavy atom. The van der Waals surface area contributed by atoms with Gasteiger partial charge in [-0.3, -0.25) is 4.79 Å².